The third-order valence-electron chi connectivity index (χ3n) is 4.73. The molecule has 0 rings (SSSR count). The van der Waals surface area contributed by atoms with E-state index in [9.17, 15) is 10.2 Å². The molecular formula is C21H44ClNO2. The van der Waals surface area contributed by atoms with Gasteiger partial charge in [0.15, 0.2) is 0 Å². The zero-order valence-corrected chi connectivity index (χ0v) is 17.8. The summed E-state index contributed by atoms with van der Waals surface area (Å²) in [6.45, 7) is 4.42. The average Bonchev–Trinajstić information content (AvgIpc) is 2.53. The highest BCUT2D eigenvalue weighted by molar-refractivity contribution is 5.85. The van der Waals surface area contributed by atoms with Crippen LogP contribution in [0.4, 0.5) is 0 Å². The Morgan fingerprint density at radius 2 is 1.12 bits per heavy atom. The molecular weight excluding hydrogens is 334 g/mol. The van der Waals surface area contributed by atoms with Gasteiger partial charge in [-0.1, -0.05) is 76.9 Å². The van der Waals surface area contributed by atoms with Gasteiger partial charge in [-0.2, -0.15) is 0 Å². The highest BCUT2D eigenvalue weighted by Gasteiger charge is 2.20. The minimum Gasteiger partial charge on any atom is -0.353 e. The van der Waals surface area contributed by atoms with E-state index in [1.807, 2.05) is 0 Å². The van der Waals surface area contributed by atoms with E-state index < -0.39 is 5.91 Å². The molecule has 2 N–H and O–H groups in total. The molecule has 0 aromatic rings. The SMILES string of the molecule is CCCCCCCC/C=C\CCCCCCCCN(C)C(C)(O)O.Cl. The summed E-state index contributed by atoms with van der Waals surface area (Å²) in [7, 11) is 1.75. The molecule has 0 unspecified atom stereocenters. The molecule has 0 fully saturated rings. The predicted octanol–water partition coefficient (Wildman–Crippen LogP) is 6.04. The van der Waals surface area contributed by atoms with Crippen molar-refractivity contribution < 1.29 is 10.2 Å². The Kier molecular flexibility index (Phi) is 20.3. The molecule has 0 bridgehead atoms. The van der Waals surface area contributed by atoms with Crippen LogP contribution in [0.1, 0.15) is 104 Å². The first-order valence-electron chi connectivity index (χ1n) is 10.3. The lowest BCUT2D eigenvalue weighted by Crippen LogP contribution is -2.43. The molecule has 0 aromatic heterocycles. The first-order chi connectivity index (χ1) is 11.5. The van der Waals surface area contributed by atoms with Crippen LogP contribution in [0.15, 0.2) is 12.2 Å². The summed E-state index contributed by atoms with van der Waals surface area (Å²) in [5.41, 5.74) is 0. The maximum Gasteiger partial charge on any atom is 0.221 e. The Hall–Kier alpha value is -0.0900. The molecule has 0 saturated heterocycles. The molecule has 0 aliphatic rings. The van der Waals surface area contributed by atoms with Crippen LogP contribution in [0.2, 0.25) is 0 Å². The van der Waals surface area contributed by atoms with Crippen LogP contribution in [0.5, 0.6) is 0 Å². The molecule has 0 aliphatic carbocycles. The Bertz CT molecular complexity index is 290. The number of halogens is 1. The van der Waals surface area contributed by atoms with E-state index >= 15 is 0 Å². The van der Waals surface area contributed by atoms with Crippen molar-refractivity contribution in [2.45, 2.75) is 110 Å². The molecule has 3 nitrogen and oxygen atoms in total. The van der Waals surface area contributed by atoms with Crippen LogP contribution in [0, 0.1) is 0 Å². The molecule has 25 heavy (non-hydrogen) atoms. The Morgan fingerprint density at radius 1 is 0.720 bits per heavy atom. The van der Waals surface area contributed by atoms with Crippen LogP contribution in [-0.2, 0) is 0 Å². The molecule has 0 saturated carbocycles. The second kappa shape index (κ2) is 18.7. The van der Waals surface area contributed by atoms with Gasteiger partial charge >= 0.3 is 0 Å². The van der Waals surface area contributed by atoms with E-state index in [2.05, 4.69) is 19.1 Å². The lowest BCUT2D eigenvalue weighted by atomic mass is 10.1. The summed E-state index contributed by atoms with van der Waals surface area (Å²) in [6.07, 6.45) is 22.9. The average molecular weight is 378 g/mol. The van der Waals surface area contributed by atoms with Gasteiger partial charge in [-0.15, -0.1) is 12.4 Å². The fraction of sp³-hybridized carbons (Fsp3) is 0.905. The minimum atomic E-state index is -1.68. The molecule has 0 aromatic carbocycles. The summed E-state index contributed by atoms with van der Waals surface area (Å²) >= 11 is 0. The lowest BCUT2D eigenvalue weighted by molar-refractivity contribution is -0.242. The molecule has 0 amide bonds. The highest BCUT2D eigenvalue weighted by Crippen LogP contribution is 2.11. The van der Waals surface area contributed by atoms with Gasteiger partial charge in [-0.05, 0) is 39.2 Å². The minimum absolute atomic E-state index is 0. The third-order valence-corrected chi connectivity index (χ3v) is 4.73. The van der Waals surface area contributed by atoms with Gasteiger partial charge in [-0.25, -0.2) is 0 Å². The lowest BCUT2D eigenvalue weighted by Gasteiger charge is -2.28. The predicted molar refractivity (Wildman–Crippen MR) is 112 cm³/mol. The Balaban J connectivity index is 0. The molecule has 0 heterocycles. The van der Waals surface area contributed by atoms with Crippen LogP contribution in [0.25, 0.3) is 0 Å². The number of nitrogens with zero attached hydrogens (tertiary/aromatic N) is 1. The fourth-order valence-corrected chi connectivity index (χ4v) is 2.81. The topological polar surface area (TPSA) is 43.7 Å². The molecule has 0 atom stereocenters. The van der Waals surface area contributed by atoms with E-state index in [1.54, 1.807) is 11.9 Å². The Labute approximate surface area is 163 Å². The summed E-state index contributed by atoms with van der Waals surface area (Å²) in [5, 5.41) is 18.8. The van der Waals surface area contributed by atoms with Crippen molar-refractivity contribution in [3.05, 3.63) is 12.2 Å². The van der Waals surface area contributed by atoms with Crippen LogP contribution in [0.3, 0.4) is 0 Å². The van der Waals surface area contributed by atoms with Crippen molar-refractivity contribution in [2.24, 2.45) is 0 Å². The van der Waals surface area contributed by atoms with Gasteiger partial charge in [0.2, 0.25) is 5.91 Å². The van der Waals surface area contributed by atoms with Crippen molar-refractivity contribution in [1.29, 1.82) is 0 Å². The first-order valence-corrected chi connectivity index (χ1v) is 10.3. The zero-order chi connectivity index (χ0) is 18.1. The van der Waals surface area contributed by atoms with E-state index in [4.69, 9.17) is 0 Å². The van der Waals surface area contributed by atoms with Crippen molar-refractivity contribution >= 4 is 12.4 Å². The number of hydrogen-bond acceptors (Lipinski definition) is 3. The zero-order valence-electron chi connectivity index (χ0n) is 17.0. The largest absolute Gasteiger partial charge is 0.353 e. The summed E-state index contributed by atoms with van der Waals surface area (Å²) in [6, 6.07) is 0. The highest BCUT2D eigenvalue weighted by atomic mass is 35.5. The van der Waals surface area contributed by atoms with E-state index in [0.717, 1.165) is 13.0 Å². The van der Waals surface area contributed by atoms with Crippen molar-refractivity contribution in [3.63, 3.8) is 0 Å². The molecule has 0 aliphatic heterocycles. The Morgan fingerprint density at radius 3 is 1.56 bits per heavy atom. The van der Waals surface area contributed by atoms with Gasteiger partial charge in [0, 0.05) is 13.5 Å². The van der Waals surface area contributed by atoms with Crippen molar-refractivity contribution in [1.82, 2.24) is 4.90 Å². The van der Waals surface area contributed by atoms with Gasteiger partial charge in [0.05, 0.1) is 0 Å². The standard InChI is InChI=1S/C21H43NO2.ClH/c1-4-5-6-7-8-9-10-11-12-13-14-15-16-17-18-19-20-22(3)21(2,23)24;/h11-12,23-24H,4-10,13-20H2,1-3H3;1H/b12-11-;. The number of unbranched alkanes of at least 4 members (excludes halogenated alkanes) is 12. The van der Waals surface area contributed by atoms with Gasteiger partial charge in [0.1, 0.15) is 0 Å². The monoisotopic (exact) mass is 377 g/mol. The van der Waals surface area contributed by atoms with E-state index in [0.29, 0.717) is 0 Å². The summed E-state index contributed by atoms with van der Waals surface area (Å²) < 4.78 is 0. The number of allylic oxidation sites excluding steroid dienone is 2. The second-order valence-electron chi connectivity index (χ2n) is 7.33. The van der Waals surface area contributed by atoms with Gasteiger partial charge in [0.25, 0.3) is 0 Å². The molecule has 0 spiro atoms. The number of aliphatic hydroxyl groups is 2. The fourth-order valence-electron chi connectivity index (χ4n) is 2.81. The van der Waals surface area contributed by atoms with Crippen LogP contribution >= 0.6 is 12.4 Å². The van der Waals surface area contributed by atoms with Crippen molar-refractivity contribution in [2.75, 3.05) is 13.6 Å². The molecule has 0 radical (unpaired) electrons. The molecule has 152 valence electrons. The second-order valence-corrected chi connectivity index (χ2v) is 7.33. The molecule has 4 heteroatoms. The maximum absolute atomic E-state index is 9.39. The normalized spacial score (nSPS) is 12.1. The van der Waals surface area contributed by atoms with Crippen LogP contribution < -0.4 is 0 Å². The van der Waals surface area contributed by atoms with Gasteiger partial charge in [-0.3, -0.25) is 4.90 Å². The quantitative estimate of drug-likeness (QED) is 0.184. The summed E-state index contributed by atoms with van der Waals surface area (Å²) in [5.74, 6) is -1.68. The number of rotatable bonds is 17. The third kappa shape index (κ3) is 20.1. The van der Waals surface area contributed by atoms with Crippen molar-refractivity contribution in [3.8, 4) is 0 Å². The van der Waals surface area contributed by atoms with Crippen LogP contribution in [-0.4, -0.2) is 34.6 Å². The summed E-state index contributed by atoms with van der Waals surface area (Å²) in [4.78, 5) is 1.58. The van der Waals surface area contributed by atoms with Gasteiger partial charge < -0.3 is 10.2 Å². The van der Waals surface area contributed by atoms with E-state index in [-0.39, 0.29) is 12.4 Å². The maximum atomic E-state index is 9.39. The number of hydrogen-bond donors (Lipinski definition) is 2. The first kappa shape index (κ1) is 27.1. The van der Waals surface area contributed by atoms with E-state index in [1.165, 1.54) is 90.4 Å². The smallest absolute Gasteiger partial charge is 0.221 e.